The fourth-order valence-corrected chi connectivity index (χ4v) is 7.17. The van der Waals surface area contributed by atoms with Crippen LogP contribution in [0.25, 0.3) is 0 Å². The van der Waals surface area contributed by atoms with Crippen LogP contribution in [-0.2, 0) is 23.9 Å². The Morgan fingerprint density at radius 2 is 1.77 bits per heavy atom. The normalized spacial score (nSPS) is 29.3. The molecule has 0 radical (unpaired) electrons. The molecule has 0 saturated carbocycles. The minimum absolute atomic E-state index is 0.180. The van der Waals surface area contributed by atoms with Crippen molar-refractivity contribution < 1.29 is 29.0 Å². The molecular formula is C31H39N3O6. The zero-order chi connectivity index (χ0) is 28.7. The molecule has 2 aromatic rings. The molecule has 40 heavy (non-hydrogen) atoms. The number of carbonyl (C=O) groups excluding carboxylic acids is 3. The van der Waals surface area contributed by atoms with Crippen LogP contribution >= 0.6 is 0 Å². The summed E-state index contributed by atoms with van der Waals surface area (Å²) in [7, 11) is 0. The molecule has 2 bridgehead atoms. The first-order chi connectivity index (χ1) is 19.2. The summed E-state index contributed by atoms with van der Waals surface area (Å²) in [6.45, 7) is 9.27. The Balaban J connectivity index is 1.54. The van der Waals surface area contributed by atoms with E-state index in [1.165, 1.54) is 4.90 Å². The molecule has 3 fully saturated rings. The van der Waals surface area contributed by atoms with E-state index in [0.29, 0.717) is 24.1 Å². The molecule has 2 unspecified atom stereocenters. The van der Waals surface area contributed by atoms with Gasteiger partial charge in [0.15, 0.2) is 0 Å². The standard InChI is InChI=1S/C31H39N3O6/c1-5-33(6-2)22-15-13-21(14-16-22)32-27(36)26-31-18-17-30(4,40-31)25(29(38)39-7-3)24(31)28(37)34(26)23(19-35)20-11-9-8-10-12-20/h8-16,23-26,35H,5-7,17-19H2,1-4H3,(H,32,36)/t23-,24+,25+,26?,30-,31?/m1/s1. The molecule has 9 heteroatoms. The first-order valence-corrected chi connectivity index (χ1v) is 14.2. The van der Waals surface area contributed by atoms with E-state index in [1.807, 2.05) is 61.5 Å². The first-order valence-electron chi connectivity index (χ1n) is 14.2. The van der Waals surface area contributed by atoms with Gasteiger partial charge in [0, 0.05) is 24.5 Å². The highest BCUT2D eigenvalue weighted by Gasteiger charge is 2.78. The highest BCUT2D eigenvalue weighted by atomic mass is 16.6. The number of hydrogen-bond donors (Lipinski definition) is 2. The topological polar surface area (TPSA) is 108 Å². The predicted octanol–water partition coefficient (Wildman–Crippen LogP) is 3.53. The molecule has 2 N–H and O–H groups in total. The highest BCUT2D eigenvalue weighted by Crippen LogP contribution is 2.64. The molecule has 5 rings (SSSR count). The number of aliphatic hydroxyl groups excluding tert-OH is 1. The van der Waals surface area contributed by atoms with Crippen LogP contribution in [0.2, 0.25) is 0 Å². The molecule has 2 aromatic carbocycles. The Kier molecular flexibility index (Phi) is 7.63. The third-order valence-corrected chi connectivity index (χ3v) is 8.96. The summed E-state index contributed by atoms with van der Waals surface area (Å²) in [5, 5.41) is 13.6. The van der Waals surface area contributed by atoms with Crippen molar-refractivity contribution in [2.24, 2.45) is 11.8 Å². The van der Waals surface area contributed by atoms with Gasteiger partial charge in [-0.3, -0.25) is 14.4 Å². The quantitative estimate of drug-likeness (QED) is 0.437. The molecular weight excluding hydrogens is 510 g/mol. The molecule has 2 amide bonds. The number of nitrogens with one attached hydrogen (secondary N) is 1. The van der Waals surface area contributed by atoms with Gasteiger partial charge in [0.1, 0.15) is 17.6 Å². The lowest BCUT2D eigenvalue weighted by Gasteiger charge is -2.37. The van der Waals surface area contributed by atoms with Gasteiger partial charge in [0.2, 0.25) is 11.8 Å². The van der Waals surface area contributed by atoms with Crippen molar-refractivity contribution in [2.75, 3.05) is 36.5 Å². The zero-order valence-corrected chi connectivity index (χ0v) is 23.6. The lowest BCUT2D eigenvalue weighted by molar-refractivity contribution is -0.160. The molecule has 214 valence electrons. The second-order valence-corrected chi connectivity index (χ2v) is 11.0. The molecule has 3 heterocycles. The van der Waals surface area contributed by atoms with Crippen molar-refractivity contribution >= 4 is 29.2 Å². The number of aliphatic hydroxyl groups is 1. The molecule has 1 spiro atoms. The van der Waals surface area contributed by atoms with Crippen LogP contribution in [-0.4, -0.2) is 71.3 Å². The molecule has 3 aliphatic rings. The SMILES string of the molecule is CCOC(=O)[C@@H]1[C@H]2C(=O)N([C@H](CO)c3ccccc3)C(C(=O)Nc3ccc(N(CC)CC)cc3)C23CC[C@@]1(C)O3. The van der Waals surface area contributed by atoms with Crippen LogP contribution in [0, 0.1) is 11.8 Å². The second kappa shape index (κ2) is 10.9. The number of nitrogens with zero attached hydrogens (tertiary/aromatic N) is 2. The van der Waals surface area contributed by atoms with Crippen LogP contribution < -0.4 is 10.2 Å². The number of fused-ring (bicyclic) bond motifs is 1. The Morgan fingerprint density at radius 1 is 1.10 bits per heavy atom. The van der Waals surface area contributed by atoms with E-state index in [1.54, 1.807) is 6.92 Å². The van der Waals surface area contributed by atoms with Crippen molar-refractivity contribution in [2.45, 2.75) is 63.8 Å². The van der Waals surface area contributed by atoms with E-state index in [9.17, 15) is 19.5 Å². The average molecular weight is 550 g/mol. The van der Waals surface area contributed by atoms with Crippen molar-refractivity contribution in [3.8, 4) is 0 Å². The van der Waals surface area contributed by atoms with Crippen LogP contribution in [0.1, 0.15) is 52.1 Å². The van der Waals surface area contributed by atoms with Gasteiger partial charge in [-0.15, -0.1) is 0 Å². The third-order valence-electron chi connectivity index (χ3n) is 8.96. The largest absolute Gasteiger partial charge is 0.466 e. The van der Waals surface area contributed by atoms with Gasteiger partial charge in [-0.2, -0.15) is 0 Å². The summed E-state index contributed by atoms with van der Waals surface area (Å²) in [6, 6.07) is 14.9. The van der Waals surface area contributed by atoms with E-state index in [0.717, 1.165) is 18.8 Å². The van der Waals surface area contributed by atoms with Crippen LogP contribution in [0.3, 0.4) is 0 Å². The molecule has 0 aliphatic carbocycles. The number of rotatable bonds is 10. The van der Waals surface area contributed by atoms with Gasteiger partial charge in [-0.1, -0.05) is 30.3 Å². The number of carbonyl (C=O) groups is 3. The summed E-state index contributed by atoms with van der Waals surface area (Å²) >= 11 is 0. The average Bonchev–Trinajstić information content (AvgIpc) is 3.52. The van der Waals surface area contributed by atoms with Gasteiger partial charge in [-0.05, 0) is 70.4 Å². The van der Waals surface area contributed by atoms with Crippen molar-refractivity contribution in [3.05, 3.63) is 60.2 Å². The van der Waals surface area contributed by atoms with E-state index < -0.39 is 47.0 Å². The van der Waals surface area contributed by atoms with Crippen molar-refractivity contribution in [1.82, 2.24) is 4.90 Å². The Morgan fingerprint density at radius 3 is 2.38 bits per heavy atom. The Hall–Kier alpha value is -3.43. The lowest BCUT2D eigenvalue weighted by atomic mass is 9.66. The van der Waals surface area contributed by atoms with Gasteiger partial charge in [-0.25, -0.2) is 0 Å². The number of likely N-dealkylation sites (tertiary alicyclic amines) is 1. The monoisotopic (exact) mass is 549 g/mol. The first kappa shape index (κ1) is 28.1. The molecule has 9 nitrogen and oxygen atoms in total. The van der Waals surface area contributed by atoms with Crippen LogP contribution in [0.15, 0.2) is 54.6 Å². The van der Waals surface area contributed by atoms with Crippen LogP contribution in [0.5, 0.6) is 0 Å². The fraction of sp³-hybridized carbons (Fsp3) is 0.516. The van der Waals surface area contributed by atoms with E-state index in [-0.39, 0.29) is 19.1 Å². The summed E-state index contributed by atoms with van der Waals surface area (Å²) in [4.78, 5) is 45.4. The summed E-state index contributed by atoms with van der Waals surface area (Å²) in [5.41, 5.74) is 0.214. The lowest BCUT2D eigenvalue weighted by Crippen LogP contribution is -2.54. The smallest absolute Gasteiger partial charge is 0.312 e. The maximum Gasteiger partial charge on any atom is 0.312 e. The molecule has 3 saturated heterocycles. The minimum atomic E-state index is -1.21. The summed E-state index contributed by atoms with van der Waals surface area (Å²) in [5.74, 6) is -2.99. The van der Waals surface area contributed by atoms with E-state index >= 15 is 0 Å². The number of anilines is 2. The molecule has 0 aromatic heterocycles. The summed E-state index contributed by atoms with van der Waals surface area (Å²) < 4.78 is 12.0. The number of hydrogen-bond acceptors (Lipinski definition) is 7. The minimum Gasteiger partial charge on any atom is -0.466 e. The van der Waals surface area contributed by atoms with Gasteiger partial charge in [0.25, 0.3) is 0 Å². The number of ether oxygens (including phenoxy) is 2. The Labute approximate surface area is 235 Å². The number of esters is 1. The summed E-state index contributed by atoms with van der Waals surface area (Å²) in [6.07, 6.45) is 0.962. The third kappa shape index (κ3) is 4.36. The Bertz CT molecular complexity index is 1250. The second-order valence-electron chi connectivity index (χ2n) is 11.0. The van der Waals surface area contributed by atoms with E-state index in [4.69, 9.17) is 9.47 Å². The van der Waals surface area contributed by atoms with Crippen molar-refractivity contribution in [1.29, 1.82) is 0 Å². The van der Waals surface area contributed by atoms with Crippen LogP contribution in [0.4, 0.5) is 11.4 Å². The maximum atomic E-state index is 14.3. The van der Waals surface area contributed by atoms with Gasteiger partial charge >= 0.3 is 5.97 Å². The van der Waals surface area contributed by atoms with Gasteiger partial charge < -0.3 is 29.7 Å². The van der Waals surface area contributed by atoms with Gasteiger partial charge in [0.05, 0.1) is 30.8 Å². The maximum absolute atomic E-state index is 14.3. The van der Waals surface area contributed by atoms with E-state index in [2.05, 4.69) is 24.1 Å². The highest BCUT2D eigenvalue weighted by molar-refractivity contribution is 6.03. The fourth-order valence-electron chi connectivity index (χ4n) is 7.17. The molecule has 3 aliphatic heterocycles. The number of benzene rings is 2. The molecule has 6 atom stereocenters. The predicted molar refractivity (Wildman–Crippen MR) is 151 cm³/mol. The number of amides is 2. The van der Waals surface area contributed by atoms with Crippen molar-refractivity contribution in [3.63, 3.8) is 0 Å². The zero-order valence-electron chi connectivity index (χ0n) is 23.6.